The summed E-state index contributed by atoms with van der Waals surface area (Å²) in [7, 11) is 0. The minimum Gasteiger partial charge on any atom is -0.317 e. The van der Waals surface area contributed by atoms with Crippen molar-refractivity contribution < 1.29 is 0 Å². The van der Waals surface area contributed by atoms with Gasteiger partial charge in [-0.25, -0.2) is 0 Å². The molecule has 0 bridgehead atoms. The molecular formula is C11H19N3. The molecule has 0 radical (unpaired) electrons. The van der Waals surface area contributed by atoms with E-state index in [2.05, 4.69) is 35.1 Å². The second-order valence-electron chi connectivity index (χ2n) is 4.39. The van der Waals surface area contributed by atoms with Crippen molar-refractivity contribution in [2.45, 2.75) is 38.6 Å². The van der Waals surface area contributed by atoms with Gasteiger partial charge in [0, 0.05) is 6.20 Å². The number of rotatable bonds is 2. The maximum atomic E-state index is 4.47. The Bertz CT molecular complexity index is 297. The van der Waals surface area contributed by atoms with Gasteiger partial charge in [-0.3, -0.25) is 4.68 Å². The van der Waals surface area contributed by atoms with Crippen LogP contribution in [0.25, 0.3) is 0 Å². The zero-order chi connectivity index (χ0) is 10.0. The van der Waals surface area contributed by atoms with Gasteiger partial charge in [0.05, 0.1) is 11.7 Å². The third-order valence-corrected chi connectivity index (χ3v) is 3.28. The predicted octanol–water partition coefficient (Wildman–Crippen LogP) is 1.54. The molecule has 0 atom stereocenters. The number of nitrogens with one attached hydrogen (secondary N) is 1. The van der Waals surface area contributed by atoms with Crippen molar-refractivity contribution in [1.82, 2.24) is 15.1 Å². The van der Waals surface area contributed by atoms with Gasteiger partial charge in [-0.2, -0.15) is 5.10 Å². The molecule has 0 aliphatic carbocycles. The molecule has 1 fully saturated rings. The summed E-state index contributed by atoms with van der Waals surface area (Å²) >= 11 is 0. The summed E-state index contributed by atoms with van der Waals surface area (Å²) in [6, 6.07) is 0. The van der Waals surface area contributed by atoms with Crippen LogP contribution in [-0.4, -0.2) is 22.9 Å². The zero-order valence-electron chi connectivity index (χ0n) is 9.08. The van der Waals surface area contributed by atoms with Crippen LogP contribution in [0.3, 0.4) is 0 Å². The van der Waals surface area contributed by atoms with E-state index < -0.39 is 0 Å². The van der Waals surface area contributed by atoms with Gasteiger partial charge in [0.2, 0.25) is 0 Å². The molecule has 14 heavy (non-hydrogen) atoms. The van der Waals surface area contributed by atoms with Crippen molar-refractivity contribution in [3.63, 3.8) is 0 Å². The zero-order valence-corrected chi connectivity index (χ0v) is 9.08. The summed E-state index contributed by atoms with van der Waals surface area (Å²) in [4.78, 5) is 0. The Hall–Kier alpha value is -0.830. The number of aromatic nitrogens is 2. The summed E-state index contributed by atoms with van der Waals surface area (Å²) < 4.78 is 2.16. The first-order valence-corrected chi connectivity index (χ1v) is 5.49. The van der Waals surface area contributed by atoms with Crippen LogP contribution in [0.4, 0.5) is 0 Å². The molecule has 0 aromatic carbocycles. The summed E-state index contributed by atoms with van der Waals surface area (Å²) in [5.74, 6) is 0. The van der Waals surface area contributed by atoms with Crippen molar-refractivity contribution in [3.8, 4) is 0 Å². The molecule has 1 aromatic rings. The van der Waals surface area contributed by atoms with E-state index in [0.29, 0.717) is 0 Å². The minimum atomic E-state index is 0.235. The number of nitrogens with zero attached hydrogens (tertiary/aromatic N) is 2. The fourth-order valence-corrected chi connectivity index (χ4v) is 2.03. The Kier molecular flexibility index (Phi) is 2.59. The third-order valence-electron chi connectivity index (χ3n) is 3.28. The number of aryl methyl sites for hydroxylation is 1. The minimum absolute atomic E-state index is 0.235. The molecule has 1 aliphatic heterocycles. The van der Waals surface area contributed by atoms with E-state index >= 15 is 0 Å². The fraction of sp³-hybridized carbons (Fsp3) is 0.727. The van der Waals surface area contributed by atoms with Crippen molar-refractivity contribution >= 4 is 0 Å². The molecule has 78 valence electrons. The van der Waals surface area contributed by atoms with E-state index in [1.807, 2.05) is 6.20 Å². The Morgan fingerprint density at radius 2 is 2.21 bits per heavy atom. The smallest absolute Gasteiger partial charge is 0.0623 e. The van der Waals surface area contributed by atoms with E-state index in [-0.39, 0.29) is 5.54 Å². The molecule has 3 nitrogen and oxygen atoms in total. The third kappa shape index (κ3) is 1.69. The van der Waals surface area contributed by atoms with Gasteiger partial charge >= 0.3 is 0 Å². The molecule has 2 rings (SSSR count). The molecule has 0 unspecified atom stereocenters. The second kappa shape index (κ2) is 3.73. The van der Waals surface area contributed by atoms with Crippen LogP contribution in [0.5, 0.6) is 0 Å². The van der Waals surface area contributed by atoms with Crippen molar-refractivity contribution in [1.29, 1.82) is 0 Å². The molecule has 1 N–H and O–H groups in total. The summed E-state index contributed by atoms with van der Waals surface area (Å²) in [6.45, 7) is 6.70. The van der Waals surface area contributed by atoms with E-state index in [1.54, 1.807) is 0 Å². The van der Waals surface area contributed by atoms with E-state index in [4.69, 9.17) is 0 Å². The standard InChI is InChI=1S/C11H19N3/c1-3-10-8-13-14(9-10)11(2)4-6-12-7-5-11/h8-9,12H,3-7H2,1-2H3. The normalized spacial score (nSPS) is 21.0. The lowest BCUT2D eigenvalue weighted by Crippen LogP contribution is -2.42. The molecular weight excluding hydrogens is 174 g/mol. The highest BCUT2D eigenvalue weighted by Gasteiger charge is 2.29. The molecule has 1 aliphatic rings. The molecule has 1 saturated heterocycles. The molecule has 1 aromatic heterocycles. The second-order valence-corrected chi connectivity index (χ2v) is 4.39. The van der Waals surface area contributed by atoms with Gasteiger partial charge in [0.15, 0.2) is 0 Å². The Labute approximate surface area is 85.5 Å². The van der Waals surface area contributed by atoms with Crippen molar-refractivity contribution in [2.75, 3.05) is 13.1 Å². The largest absolute Gasteiger partial charge is 0.317 e. The number of hydrogen-bond donors (Lipinski definition) is 1. The average molecular weight is 193 g/mol. The maximum Gasteiger partial charge on any atom is 0.0623 e. The van der Waals surface area contributed by atoms with Crippen LogP contribution in [0.15, 0.2) is 12.4 Å². The number of hydrogen-bond acceptors (Lipinski definition) is 2. The van der Waals surface area contributed by atoms with Crippen LogP contribution in [0.2, 0.25) is 0 Å². The van der Waals surface area contributed by atoms with Crippen LogP contribution >= 0.6 is 0 Å². The van der Waals surface area contributed by atoms with Gasteiger partial charge < -0.3 is 5.32 Å². The molecule has 0 spiro atoms. The topological polar surface area (TPSA) is 29.9 Å². The SMILES string of the molecule is CCc1cnn(C2(C)CCNCC2)c1. The van der Waals surface area contributed by atoms with Crippen LogP contribution < -0.4 is 5.32 Å². The van der Waals surface area contributed by atoms with E-state index in [0.717, 1.165) is 19.5 Å². The average Bonchev–Trinajstić information content (AvgIpc) is 2.67. The quantitative estimate of drug-likeness (QED) is 0.772. The van der Waals surface area contributed by atoms with E-state index in [9.17, 15) is 0 Å². The van der Waals surface area contributed by atoms with Gasteiger partial charge in [0.1, 0.15) is 0 Å². The van der Waals surface area contributed by atoms with Crippen molar-refractivity contribution in [2.24, 2.45) is 0 Å². The maximum absolute atomic E-state index is 4.47. The monoisotopic (exact) mass is 193 g/mol. The van der Waals surface area contributed by atoms with Gasteiger partial charge in [0.25, 0.3) is 0 Å². The fourth-order valence-electron chi connectivity index (χ4n) is 2.03. The first kappa shape index (κ1) is 9.71. The molecule has 3 heteroatoms. The summed E-state index contributed by atoms with van der Waals surface area (Å²) in [6.07, 6.45) is 7.63. The highest BCUT2D eigenvalue weighted by atomic mass is 15.3. The van der Waals surface area contributed by atoms with Crippen molar-refractivity contribution in [3.05, 3.63) is 18.0 Å². The van der Waals surface area contributed by atoms with Gasteiger partial charge in [-0.05, 0) is 44.8 Å². The molecule has 0 saturated carbocycles. The van der Waals surface area contributed by atoms with Gasteiger partial charge in [-0.15, -0.1) is 0 Å². The lowest BCUT2D eigenvalue weighted by Gasteiger charge is -2.34. The Balaban J connectivity index is 2.19. The Morgan fingerprint density at radius 1 is 1.50 bits per heavy atom. The van der Waals surface area contributed by atoms with Crippen LogP contribution in [0.1, 0.15) is 32.3 Å². The highest BCUT2D eigenvalue weighted by molar-refractivity contribution is 5.05. The number of piperidine rings is 1. The predicted molar refractivity (Wildman–Crippen MR) is 57.4 cm³/mol. The lowest BCUT2D eigenvalue weighted by molar-refractivity contribution is 0.209. The molecule has 0 amide bonds. The van der Waals surface area contributed by atoms with Crippen LogP contribution in [-0.2, 0) is 12.0 Å². The first-order valence-electron chi connectivity index (χ1n) is 5.49. The van der Waals surface area contributed by atoms with Gasteiger partial charge in [-0.1, -0.05) is 6.92 Å². The summed E-state index contributed by atoms with van der Waals surface area (Å²) in [5.41, 5.74) is 1.57. The van der Waals surface area contributed by atoms with E-state index in [1.165, 1.54) is 18.4 Å². The lowest BCUT2D eigenvalue weighted by atomic mass is 9.91. The highest BCUT2D eigenvalue weighted by Crippen LogP contribution is 2.26. The Morgan fingerprint density at radius 3 is 2.79 bits per heavy atom. The first-order chi connectivity index (χ1) is 6.74. The van der Waals surface area contributed by atoms with Crippen LogP contribution in [0, 0.1) is 0 Å². The summed E-state index contributed by atoms with van der Waals surface area (Å²) in [5, 5.41) is 7.86. The molecule has 2 heterocycles.